The van der Waals surface area contributed by atoms with Crippen LogP contribution in [-0.4, -0.2) is 49.7 Å². The Bertz CT molecular complexity index is 527. The van der Waals surface area contributed by atoms with Gasteiger partial charge in [0.05, 0.1) is 25.2 Å². The summed E-state index contributed by atoms with van der Waals surface area (Å²) in [4.78, 5) is 13.1. The van der Waals surface area contributed by atoms with Crippen LogP contribution < -0.4 is 14.8 Å². The number of hydrogen-bond donors (Lipinski definition) is 1. The van der Waals surface area contributed by atoms with Crippen LogP contribution in [0.15, 0.2) is 12.1 Å². The van der Waals surface area contributed by atoms with E-state index >= 15 is 0 Å². The van der Waals surface area contributed by atoms with Crippen LogP contribution >= 0.6 is 12.4 Å². The molecule has 2 rings (SSSR count). The van der Waals surface area contributed by atoms with Crippen molar-refractivity contribution in [3.8, 4) is 11.5 Å². The second-order valence-corrected chi connectivity index (χ2v) is 5.18. The Morgan fingerprint density at radius 3 is 2.55 bits per heavy atom. The van der Waals surface area contributed by atoms with Crippen molar-refractivity contribution in [1.29, 1.82) is 0 Å². The highest BCUT2D eigenvalue weighted by atomic mass is 35.5. The molecule has 1 fully saturated rings. The lowest BCUT2D eigenvalue weighted by atomic mass is 10.1. The van der Waals surface area contributed by atoms with Crippen molar-refractivity contribution < 1.29 is 14.4 Å². The molecule has 0 radical (unpaired) electrons. The Kier molecular flexibility index (Phi) is 6.86. The van der Waals surface area contributed by atoms with Crippen LogP contribution in [0.4, 0.5) is 5.69 Å². The molecule has 22 heavy (non-hydrogen) atoms. The highest BCUT2D eigenvalue weighted by Gasteiger charge is 2.23. The van der Waals surface area contributed by atoms with Crippen molar-refractivity contribution in [2.75, 3.05) is 33.9 Å². The topological polar surface area (TPSA) is 76.9 Å². The maximum atomic E-state index is 11.3. The normalized spacial score (nSPS) is 18.4. The van der Waals surface area contributed by atoms with E-state index in [1.54, 1.807) is 6.07 Å². The van der Waals surface area contributed by atoms with Gasteiger partial charge in [0, 0.05) is 37.8 Å². The van der Waals surface area contributed by atoms with Crippen molar-refractivity contribution in [3.05, 3.63) is 27.8 Å². The molecule has 1 heterocycles. The number of ether oxygens (including phenoxy) is 2. The summed E-state index contributed by atoms with van der Waals surface area (Å²) in [6.07, 6.45) is 0. The van der Waals surface area contributed by atoms with Crippen LogP contribution in [0.5, 0.6) is 11.5 Å². The fourth-order valence-corrected chi connectivity index (χ4v) is 2.60. The van der Waals surface area contributed by atoms with Gasteiger partial charge in [-0.1, -0.05) is 0 Å². The Morgan fingerprint density at radius 2 is 2.00 bits per heavy atom. The third-order valence-corrected chi connectivity index (χ3v) is 3.63. The average molecular weight is 332 g/mol. The van der Waals surface area contributed by atoms with Gasteiger partial charge >= 0.3 is 0 Å². The predicted molar refractivity (Wildman–Crippen MR) is 86.2 cm³/mol. The molecule has 0 saturated carbocycles. The minimum Gasteiger partial charge on any atom is -0.493 e. The fraction of sp³-hybridized carbons (Fsp3) is 0.571. The molecule has 1 N–H and O–H groups in total. The van der Waals surface area contributed by atoms with Crippen LogP contribution in [0.3, 0.4) is 0 Å². The molecule has 0 aliphatic carbocycles. The van der Waals surface area contributed by atoms with E-state index in [9.17, 15) is 10.1 Å². The highest BCUT2D eigenvalue weighted by molar-refractivity contribution is 5.85. The molecule has 1 saturated heterocycles. The maximum absolute atomic E-state index is 11.3. The third-order valence-electron chi connectivity index (χ3n) is 3.63. The Hall–Kier alpha value is -1.57. The first-order chi connectivity index (χ1) is 10.0. The molecule has 0 aromatic heterocycles. The first kappa shape index (κ1) is 18.5. The maximum Gasteiger partial charge on any atom is 0.277 e. The number of hydrogen-bond acceptors (Lipinski definition) is 6. The smallest absolute Gasteiger partial charge is 0.277 e. The predicted octanol–water partition coefficient (Wildman–Crippen LogP) is 1.83. The molecule has 1 aromatic rings. The lowest BCUT2D eigenvalue weighted by Gasteiger charge is -2.31. The highest BCUT2D eigenvalue weighted by Crippen LogP contribution is 2.35. The summed E-state index contributed by atoms with van der Waals surface area (Å²) in [5.74, 6) is 0.892. The number of methoxy groups -OCH3 is 2. The second-order valence-electron chi connectivity index (χ2n) is 5.18. The molecule has 1 atom stereocenters. The average Bonchev–Trinajstić information content (AvgIpc) is 2.46. The summed E-state index contributed by atoms with van der Waals surface area (Å²) < 4.78 is 10.4. The van der Waals surface area contributed by atoms with Crippen LogP contribution in [0.1, 0.15) is 12.5 Å². The molecule has 1 aromatic carbocycles. The summed E-state index contributed by atoms with van der Waals surface area (Å²) in [7, 11) is 3.00. The number of halogens is 1. The molecule has 7 nitrogen and oxygen atoms in total. The van der Waals surface area contributed by atoms with Gasteiger partial charge in [-0.15, -0.1) is 12.4 Å². The summed E-state index contributed by atoms with van der Waals surface area (Å²) in [6, 6.07) is 3.52. The molecule has 8 heteroatoms. The Labute approximate surface area is 136 Å². The van der Waals surface area contributed by atoms with Crippen LogP contribution in [0.25, 0.3) is 0 Å². The minimum atomic E-state index is -0.372. The quantitative estimate of drug-likeness (QED) is 0.655. The van der Waals surface area contributed by atoms with Crippen LogP contribution in [0, 0.1) is 10.1 Å². The number of rotatable bonds is 5. The number of nitro groups is 1. The fourth-order valence-electron chi connectivity index (χ4n) is 2.60. The summed E-state index contributed by atoms with van der Waals surface area (Å²) in [5, 5.41) is 14.6. The lowest BCUT2D eigenvalue weighted by Crippen LogP contribution is -2.48. The van der Waals surface area contributed by atoms with Crippen molar-refractivity contribution in [1.82, 2.24) is 10.2 Å². The molecule has 0 spiro atoms. The van der Waals surface area contributed by atoms with Gasteiger partial charge in [0.2, 0.25) is 0 Å². The Morgan fingerprint density at radius 1 is 1.36 bits per heavy atom. The summed E-state index contributed by atoms with van der Waals surface area (Å²) in [6.45, 7) is 5.27. The van der Waals surface area contributed by atoms with Gasteiger partial charge in [0.1, 0.15) is 0 Å². The van der Waals surface area contributed by atoms with Crippen LogP contribution in [0.2, 0.25) is 0 Å². The van der Waals surface area contributed by atoms with Gasteiger partial charge in [-0.25, -0.2) is 0 Å². The van der Waals surface area contributed by atoms with E-state index in [2.05, 4.69) is 17.1 Å². The van der Waals surface area contributed by atoms with Gasteiger partial charge in [-0.3, -0.25) is 15.0 Å². The van der Waals surface area contributed by atoms with E-state index in [1.807, 2.05) is 0 Å². The molecular weight excluding hydrogens is 310 g/mol. The minimum absolute atomic E-state index is 0. The number of nitrogens with zero attached hydrogens (tertiary/aromatic N) is 2. The van der Waals surface area contributed by atoms with Gasteiger partial charge in [-0.05, 0) is 13.0 Å². The van der Waals surface area contributed by atoms with E-state index in [1.165, 1.54) is 20.3 Å². The van der Waals surface area contributed by atoms with Crippen molar-refractivity contribution in [3.63, 3.8) is 0 Å². The van der Waals surface area contributed by atoms with E-state index in [-0.39, 0.29) is 23.0 Å². The molecule has 0 amide bonds. The standard InChI is InChI=1S/C14H21N3O4.ClH/c1-10-8-16(5-4-15-10)9-11-6-13(20-2)14(21-3)7-12(11)17(18)19;/h6-7,10,15H,4-5,8-9H2,1-3H3;1H. The van der Waals surface area contributed by atoms with Gasteiger partial charge in [0.25, 0.3) is 5.69 Å². The zero-order valence-electron chi connectivity index (χ0n) is 13.0. The van der Waals surface area contributed by atoms with Crippen molar-refractivity contribution >= 4 is 18.1 Å². The van der Waals surface area contributed by atoms with E-state index in [0.717, 1.165) is 19.6 Å². The molecule has 1 aliphatic heterocycles. The van der Waals surface area contributed by atoms with Crippen molar-refractivity contribution in [2.24, 2.45) is 0 Å². The first-order valence-electron chi connectivity index (χ1n) is 6.90. The molecule has 1 unspecified atom stereocenters. The molecule has 1 aliphatic rings. The van der Waals surface area contributed by atoms with Gasteiger partial charge < -0.3 is 14.8 Å². The van der Waals surface area contributed by atoms with Gasteiger partial charge in [0.15, 0.2) is 11.5 Å². The van der Waals surface area contributed by atoms with Crippen molar-refractivity contribution in [2.45, 2.75) is 19.5 Å². The molecule has 0 bridgehead atoms. The summed E-state index contributed by atoms with van der Waals surface area (Å²) in [5.41, 5.74) is 0.714. The monoisotopic (exact) mass is 331 g/mol. The second kappa shape index (κ2) is 8.17. The Balaban J connectivity index is 0.00000242. The van der Waals surface area contributed by atoms with E-state index in [0.29, 0.717) is 29.6 Å². The van der Waals surface area contributed by atoms with Gasteiger partial charge in [-0.2, -0.15) is 0 Å². The third kappa shape index (κ3) is 4.22. The summed E-state index contributed by atoms with van der Waals surface area (Å²) >= 11 is 0. The zero-order chi connectivity index (χ0) is 15.4. The number of nitrogens with one attached hydrogen (secondary N) is 1. The lowest BCUT2D eigenvalue weighted by molar-refractivity contribution is -0.385. The molecule has 124 valence electrons. The molecular formula is C14H22ClN3O4. The van der Waals surface area contributed by atoms with Crippen LogP contribution in [-0.2, 0) is 6.54 Å². The first-order valence-corrected chi connectivity index (χ1v) is 6.90. The number of benzene rings is 1. The van der Waals surface area contributed by atoms with E-state index < -0.39 is 0 Å². The zero-order valence-corrected chi connectivity index (χ0v) is 13.8. The SMILES string of the molecule is COc1cc(CN2CCNC(C)C2)c([N+](=O)[O-])cc1OC.Cl. The van der Waals surface area contributed by atoms with E-state index in [4.69, 9.17) is 9.47 Å². The largest absolute Gasteiger partial charge is 0.493 e. The number of piperazine rings is 1. The number of nitro benzene ring substituents is 1.